The van der Waals surface area contributed by atoms with Crippen LogP contribution in [-0.4, -0.2) is 95.3 Å². The summed E-state index contributed by atoms with van der Waals surface area (Å²) < 4.78 is 7.01. The van der Waals surface area contributed by atoms with E-state index in [9.17, 15) is 9.59 Å². The minimum atomic E-state index is -0.567. The fourth-order valence-electron chi connectivity index (χ4n) is 3.02. The van der Waals surface area contributed by atoms with E-state index in [1.807, 2.05) is 11.5 Å². The molecule has 3 heterocycles. The third-order valence-electron chi connectivity index (χ3n) is 4.13. The van der Waals surface area contributed by atoms with Crippen LogP contribution in [-0.2, 0) is 9.53 Å². The first-order chi connectivity index (χ1) is 11.0. The molecule has 3 aliphatic rings. The molecule has 1 unspecified atom stereocenters. The second-order valence-corrected chi connectivity index (χ2v) is 5.68. The molecule has 1 atom stereocenters. The molecular formula is C14H21N6O3+. The van der Waals surface area contributed by atoms with Crippen LogP contribution in [0.15, 0.2) is 10.1 Å². The number of carbonyl (C=O) groups is 2. The van der Waals surface area contributed by atoms with E-state index in [0.29, 0.717) is 38.0 Å². The zero-order valence-corrected chi connectivity index (χ0v) is 13.8. The summed E-state index contributed by atoms with van der Waals surface area (Å²) in [7, 11) is 3.27. The predicted octanol–water partition coefficient (Wildman–Crippen LogP) is -0.613. The van der Waals surface area contributed by atoms with Gasteiger partial charge in [0.15, 0.2) is 0 Å². The van der Waals surface area contributed by atoms with Gasteiger partial charge in [-0.15, -0.1) is 10.1 Å². The molecule has 1 saturated heterocycles. The number of amides is 3. The van der Waals surface area contributed by atoms with E-state index >= 15 is 0 Å². The summed E-state index contributed by atoms with van der Waals surface area (Å²) in [5, 5.41) is 6.22. The van der Waals surface area contributed by atoms with Crippen molar-refractivity contribution in [3.63, 3.8) is 0 Å². The first-order valence-electron chi connectivity index (χ1n) is 7.61. The second kappa shape index (κ2) is 5.73. The summed E-state index contributed by atoms with van der Waals surface area (Å²) >= 11 is 0. The molecule has 3 amide bonds. The van der Waals surface area contributed by atoms with Gasteiger partial charge in [0, 0.05) is 20.7 Å². The topological polar surface area (TPSA) is 80.8 Å². The van der Waals surface area contributed by atoms with Crippen molar-refractivity contribution in [3.05, 3.63) is 0 Å². The van der Waals surface area contributed by atoms with E-state index in [2.05, 4.69) is 10.1 Å². The molecule has 0 aliphatic carbocycles. The van der Waals surface area contributed by atoms with Crippen molar-refractivity contribution < 1.29 is 18.9 Å². The van der Waals surface area contributed by atoms with Gasteiger partial charge >= 0.3 is 12.0 Å². The van der Waals surface area contributed by atoms with Gasteiger partial charge in [-0.05, 0) is 13.8 Å². The van der Waals surface area contributed by atoms with Crippen LogP contribution >= 0.6 is 0 Å². The van der Waals surface area contributed by atoms with Crippen LogP contribution < -0.4 is 0 Å². The van der Waals surface area contributed by atoms with Gasteiger partial charge < -0.3 is 4.74 Å². The lowest BCUT2D eigenvalue weighted by Crippen LogP contribution is -2.63. The number of amidine groups is 1. The van der Waals surface area contributed by atoms with E-state index in [4.69, 9.17) is 4.74 Å². The Kier molecular flexibility index (Phi) is 3.88. The number of ether oxygens (including phenoxy) is 1. The Morgan fingerprint density at radius 2 is 2.13 bits per heavy atom. The number of imide groups is 1. The number of likely N-dealkylation sites (N-methyl/N-ethyl adjacent to an activating group) is 2. The summed E-state index contributed by atoms with van der Waals surface area (Å²) in [4.78, 5) is 32.3. The van der Waals surface area contributed by atoms with Crippen LogP contribution in [0.25, 0.3) is 0 Å². The van der Waals surface area contributed by atoms with Gasteiger partial charge in [-0.2, -0.15) is 0 Å². The minimum Gasteiger partial charge on any atom is -0.381 e. The lowest BCUT2D eigenvalue weighted by Gasteiger charge is -2.33. The molecule has 0 bridgehead atoms. The molecule has 0 N–H and O–H groups in total. The Labute approximate surface area is 134 Å². The lowest BCUT2D eigenvalue weighted by molar-refractivity contribution is -0.527. The van der Waals surface area contributed by atoms with E-state index in [1.54, 1.807) is 26.1 Å². The third kappa shape index (κ3) is 2.31. The summed E-state index contributed by atoms with van der Waals surface area (Å²) in [6, 6.07) is -0.905. The Bertz CT molecular complexity index is 653. The van der Waals surface area contributed by atoms with Crippen LogP contribution in [0.3, 0.4) is 0 Å². The number of methoxy groups -OCH3 is 1. The standard InChI is InChI=1S/C14H21N6O3/c1-5-18-12(21)10-11(17(3)14(18)22)15-13-19(10)8-9(2)16-20(13)6-7-23-4/h10H,5-8H2,1-4H3/q+1. The molecule has 0 aromatic carbocycles. The van der Waals surface area contributed by atoms with Crippen molar-refractivity contribution in [3.8, 4) is 0 Å². The molecule has 0 spiro atoms. The molecular weight excluding hydrogens is 300 g/mol. The molecule has 0 aromatic heterocycles. The van der Waals surface area contributed by atoms with Gasteiger partial charge in [0.25, 0.3) is 5.91 Å². The number of nitrogens with zero attached hydrogens (tertiary/aromatic N) is 6. The van der Waals surface area contributed by atoms with E-state index < -0.39 is 6.04 Å². The normalized spacial score (nSPS) is 24.0. The number of aliphatic imine (C=N–C) groups is 1. The summed E-state index contributed by atoms with van der Waals surface area (Å²) in [6.45, 7) is 5.59. The molecule has 9 nitrogen and oxygen atoms in total. The van der Waals surface area contributed by atoms with Gasteiger partial charge in [-0.3, -0.25) is 14.6 Å². The van der Waals surface area contributed by atoms with Crippen molar-refractivity contribution >= 4 is 29.4 Å². The third-order valence-corrected chi connectivity index (χ3v) is 4.13. The average molecular weight is 321 g/mol. The summed E-state index contributed by atoms with van der Waals surface area (Å²) in [6.07, 6.45) is 0. The van der Waals surface area contributed by atoms with Crippen LogP contribution in [0.5, 0.6) is 0 Å². The molecule has 23 heavy (non-hydrogen) atoms. The van der Waals surface area contributed by atoms with Crippen LogP contribution in [0.4, 0.5) is 4.79 Å². The quantitative estimate of drug-likeness (QED) is 0.647. The summed E-state index contributed by atoms with van der Waals surface area (Å²) in [5.74, 6) is 0.830. The summed E-state index contributed by atoms with van der Waals surface area (Å²) in [5.41, 5.74) is 0.886. The first kappa shape index (κ1) is 15.6. The number of fused-ring (bicyclic) bond motifs is 2. The largest absolute Gasteiger partial charge is 0.416 e. The van der Waals surface area contributed by atoms with Crippen molar-refractivity contribution in [2.24, 2.45) is 10.1 Å². The molecule has 0 aromatic rings. The number of rotatable bonds is 4. The maximum atomic E-state index is 12.7. The van der Waals surface area contributed by atoms with Gasteiger partial charge in [0.05, 0.1) is 12.3 Å². The number of urea groups is 1. The van der Waals surface area contributed by atoms with Gasteiger partial charge in [-0.1, -0.05) is 4.99 Å². The fourth-order valence-corrected chi connectivity index (χ4v) is 3.02. The minimum absolute atomic E-state index is 0.231. The predicted molar refractivity (Wildman–Crippen MR) is 83.6 cm³/mol. The van der Waals surface area contributed by atoms with Crippen molar-refractivity contribution in [1.82, 2.24) is 14.8 Å². The number of hydrogen-bond acceptors (Lipinski definition) is 6. The second-order valence-electron chi connectivity index (χ2n) is 5.68. The van der Waals surface area contributed by atoms with E-state index in [0.717, 1.165) is 5.71 Å². The van der Waals surface area contributed by atoms with Crippen LogP contribution in [0, 0.1) is 0 Å². The lowest BCUT2D eigenvalue weighted by atomic mass is 10.1. The maximum absolute atomic E-state index is 12.7. The highest BCUT2D eigenvalue weighted by atomic mass is 16.5. The molecule has 1 fully saturated rings. The van der Waals surface area contributed by atoms with Crippen molar-refractivity contribution in [2.75, 3.05) is 40.4 Å². The fraction of sp³-hybridized carbons (Fsp3) is 0.643. The Balaban J connectivity index is 1.99. The zero-order chi connectivity index (χ0) is 16.7. The molecule has 0 radical (unpaired) electrons. The molecule has 3 rings (SSSR count). The highest BCUT2D eigenvalue weighted by Gasteiger charge is 2.54. The zero-order valence-electron chi connectivity index (χ0n) is 13.8. The Hall–Kier alpha value is -2.29. The maximum Gasteiger partial charge on any atom is 0.416 e. The van der Waals surface area contributed by atoms with Crippen molar-refractivity contribution in [1.29, 1.82) is 0 Å². The van der Waals surface area contributed by atoms with Gasteiger partial charge in [0.2, 0.25) is 11.9 Å². The molecule has 9 heteroatoms. The molecule has 124 valence electrons. The average Bonchev–Trinajstić information content (AvgIpc) is 2.90. The van der Waals surface area contributed by atoms with Crippen molar-refractivity contribution in [2.45, 2.75) is 19.9 Å². The Morgan fingerprint density at radius 3 is 2.78 bits per heavy atom. The van der Waals surface area contributed by atoms with Gasteiger partial charge in [-0.25, -0.2) is 9.37 Å². The first-order valence-corrected chi connectivity index (χ1v) is 7.61. The number of hydrogen-bond donors (Lipinski definition) is 0. The Morgan fingerprint density at radius 1 is 1.39 bits per heavy atom. The van der Waals surface area contributed by atoms with E-state index in [1.165, 1.54) is 9.80 Å². The van der Waals surface area contributed by atoms with Crippen LogP contribution in [0.2, 0.25) is 0 Å². The van der Waals surface area contributed by atoms with Crippen LogP contribution in [0.1, 0.15) is 13.8 Å². The SMILES string of the molecule is CCN1C(=O)C2C(=NC3=[N+]2CC(C)=NN3CCOC)N(C)C1=O. The number of carbonyl (C=O) groups excluding carboxylic acids is 2. The number of guanidine groups is 1. The smallest absolute Gasteiger partial charge is 0.381 e. The number of hydrazone groups is 1. The highest BCUT2D eigenvalue weighted by molar-refractivity contribution is 6.23. The highest BCUT2D eigenvalue weighted by Crippen LogP contribution is 2.22. The monoisotopic (exact) mass is 321 g/mol. The van der Waals surface area contributed by atoms with Gasteiger partial charge in [0.1, 0.15) is 13.1 Å². The molecule has 0 saturated carbocycles. The van der Waals surface area contributed by atoms with E-state index in [-0.39, 0.29) is 11.9 Å². The molecule has 3 aliphatic heterocycles.